The molecule has 1 amide bonds. The van der Waals surface area contributed by atoms with Gasteiger partial charge in [0, 0.05) is 6.54 Å². The number of benzene rings is 1. The summed E-state index contributed by atoms with van der Waals surface area (Å²) in [6, 6.07) is 12.4. The Hall–Kier alpha value is -2.63. The van der Waals surface area contributed by atoms with Crippen molar-refractivity contribution in [2.24, 2.45) is 0 Å². The van der Waals surface area contributed by atoms with Gasteiger partial charge in [0.2, 0.25) is 5.95 Å². The molecule has 1 spiro atoms. The number of carbonyl (C=O) groups excluding carboxylic acids is 1. The first-order valence-electron chi connectivity index (χ1n) is 7.96. The van der Waals surface area contributed by atoms with Crippen molar-refractivity contribution in [3.05, 3.63) is 59.7 Å². The third-order valence-corrected chi connectivity index (χ3v) is 4.54. The first kappa shape index (κ1) is 14.9. The van der Waals surface area contributed by atoms with Gasteiger partial charge in [-0.25, -0.2) is 9.78 Å². The standard InChI is InChI=1S/C18H17FN2O3/c19-15-7-6-14-16(21-15)13(18(24-14)8-9-18)10-20-17(22)23-11-12-4-2-1-3-5-12/h1-7,13H,8-11H2,(H,20,22). The van der Waals surface area contributed by atoms with E-state index in [-0.39, 0.29) is 18.1 Å². The second kappa shape index (κ2) is 5.78. The first-order chi connectivity index (χ1) is 11.7. The number of carbonyl (C=O) groups is 1. The molecule has 2 aliphatic rings. The lowest BCUT2D eigenvalue weighted by molar-refractivity contribution is 0.134. The zero-order chi connectivity index (χ0) is 16.6. The summed E-state index contributed by atoms with van der Waals surface area (Å²) < 4.78 is 24.6. The molecule has 1 aliphatic heterocycles. The maximum absolute atomic E-state index is 13.4. The minimum atomic E-state index is -0.535. The predicted molar refractivity (Wildman–Crippen MR) is 84.2 cm³/mol. The van der Waals surface area contributed by atoms with Crippen LogP contribution in [0.3, 0.4) is 0 Å². The smallest absolute Gasteiger partial charge is 0.407 e. The van der Waals surface area contributed by atoms with E-state index in [1.807, 2.05) is 30.3 Å². The summed E-state index contributed by atoms with van der Waals surface area (Å²) >= 11 is 0. The Labute approximate surface area is 138 Å². The molecule has 2 heterocycles. The molecule has 1 saturated carbocycles. The number of ether oxygens (including phenoxy) is 2. The van der Waals surface area contributed by atoms with Crippen LogP contribution in [0.25, 0.3) is 0 Å². The Kier molecular flexibility index (Phi) is 3.59. The average molecular weight is 328 g/mol. The zero-order valence-electron chi connectivity index (χ0n) is 13.0. The van der Waals surface area contributed by atoms with Crippen molar-refractivity contribution >= 4 is 6.09 Å². The van der Waals surface area contributed by atoms with Crippen LogP contribution in [-0.4, -0.2) is 23.2 Å². The van der Waals surface area contributed by atoms with Crippen molar-refractivity contribution in [3.63, 3.8) is 0 Å². The number of hydrogen-bond donors (Lipinski definition) is 1. The molecule has 1 fully saturated rings. The number of aromatic nitrogens is 1. The van der Waals surface area contributed by atoms with Gasteiger partial charge in [-0.1, -0.05) is 30.3 Å². The van der Waals surface area contributed by atoms with E-state index in [0.29, 0.717) is 18.0 Å². The number of rotatable bonds is 4. The van der Waals surface area contributed by atoms with Crippen LogP contribution >= 0.6 is 0 Å². The molecule has 24 heavy (non-hydrogen) atoms. The second-order valence-corrected chi connectivity index (χ2v) is 6.18. The van der Waals surface area contributed by atoms with Gasteiger partial charge < -0.3 is 14.8 Å². The molecule has 2 aromatic rings. The lowest BCUT2D eigenvalue weighted by Crippen LogP contribution is -2.34. The number of pyridine rings is 1. The summed E-state index contributed by atoms with van der Waals surface area (Å²) in [6.07, 6.45) is 1.27. The Morgan fingerprint density at radius 1 is 1.29 bits per heavy atom. The summed E-state index contributed by atoms with van der Waals surface area (Å²) in [5.74, 6) is -0.0717. The van der Waals surface area contributed by atoms with Crippen LogP contribution < -0.4 is 10.1 Å². The summed E-state index contributed by atoms with van der Waals surface area (Å²) in [6.45, 7) is 0.527. The van der Waals surface area contributed by atoms with Crippen LogP contribution in [0.5, 0.6) is 5.75 Å². The normalized spacial score (nSPS) is 19.5. The van der Waals surface area contributed by atoms with E-state index in [0.717, 1.165) is 18.4 Å². The van der Waals surface area contributed by atoms with E-state index in [2.05, 4.69) is 10.3 Å². The van der Waals surface area contributed by atoms with Crippen molar-refractivity contribution in [1.82, 2.24) is 10.3 Å². The average Bonchev–Trinajstić information content (AvgIpc) is 3.29. The highest BCUT2D eigenvalue weighted by Crippen LogP contribution is 2.56. The summed E-state index contributed by atoms with van der Waals surface area (Å²) in [7, 11) is 0. The molecular formula is C18H17FN2O3. The molecule has 1 atom stereocenters. The van der Waals surface area contributed by atoms with Crippen LogP contribution in [0.15, 0.2) is 42.5 Å². The molecule has 124 valence electrons. The molecule has 4 rings (SSSR count). The molecule has 1 N–H and O–H groups in total. The number of alkyl carbamates (subject to hydrolysis) is 1. The molecule has 1 aromatic heterocycles. The monoisotopic (exact) mass is 328 g/mol. The van der Waals surface area contributed by atoms with Gasteiger partial charge in [-0.3, -0.25) is 0 Å². The summed E-state index contributed by atoms with van der Waals surface area (Å²) in [5, 5.41) is 2.75. The van der Waals surface area contributed by atoms with E-state index in [9.17, 15) is 9.18 Å². The number of halogens is 1. The lowest BCUT2D eigenvalue weighted by Gasteiger charge is -2.17. The Morgan fingerprint density at radius 3 is 2.83 bits per heavy atom. The van der Waals surface area contributed by atoms with Crippen LogP contribution in [0.1, 0.15) is 30.0 Å². The van der Waals surface area contributed by atoms with Crippen LogP contribution in [-0.2, 0) is 11.3 Å². The molecule has 1 aromatic carbocycles. The number of nitrogens with zero attached hydrogens (tertiary/aromatic N) is 1. The van der Waals surface area contributed by atoms with E-state index < -0.39 is 12.0 Å². The Bertz CT molecular complexity index is 762. The van der Waals surface area contributed by atoms with Crippen LogP contribution in [0, 0.1) is 5.95 Å². The molecule has 0 bridgehead atoms. The van der Waals surface area contributed by atoms with E-state index in [1.54, 1.807) is 6.07 Å². The summed E-state index contributed by atoms with van der Waals surface area (Å²) in [5.41, 5.74) is 1.16. The maximum atomic E-state index is 13.4. The SMILES string of the molecule is O=C(NCC1c2nc(F)ccc2OC12CC2)OCc1ccccc1. The highest BCUT2D eigenvalue weighted by molar-refractivity contribution is 5.67. The van der Waals surface area contributed by atoms with Crippen LogP contribution in [0.2, 0.25) is 0 Å². The molecule has 0 radical (unpaired) electrons. The van der Waals surface area contributed by atoms with Crippen molar-refractivity contribution < 1.29 is 18.7 Å². The lowest BCUT2D eigenvalue weighted by atomic mass is 9.98. The van der Waals surface area contributed by atoms with Gasteiger partial charge >= 0.3 is 6.09 Å². The number of amides is 1. The van der Waals surface area contributed by atoms with Crippen molar-refractivity contribution in [3.8, 4) is 5.75 Å². The van der Waals surface area contributed by atoms with Crippen LogP contribution in [0.4, 0.5) is 9.18 Å². The Balaban J connectivity index is 1.37. The fraction of sp³-hybridized carbons (Fsp3) is 0.333. The minimum absolute atomic E-state index is 0.146. The first-order valence-corrected chi connectivity index (χ1v) is 7.96. The van der Waals surface area contributed by atoms with Gasteiger partial charge in [-0.15, -0.1) is 0 Å². The molecule has 6 heteroatoms. The van der Waals surface area contributed by atoms with E-state index in [1.165, 1.54) is 6.07 Å². The maximum Gasteiger partial charge on any atom is 0.407 e. The van der Waals surface area contributed by atoms with E-state index >= 15 is 0 Å². The van der Waals surface area contributed by atoms with Crippen molar-refractivity contribution in [2.75, 3.05) is 6.54 Å². The molecule has 5 nitrogen and oxygen atoms in total. The molecule has 0 saturated heterocycles. The topological polar surface area (TPSA) is 60.5 Å². The van der Waals surface area contributed by atoms with Crippen molar-refractivity contribution in [1.29, 1.82) is 0 Å². The molecule has 1 unspecified atom stereocenters. The van der Waals surface area contributed by atoms with Gasteiger partial charge in [-0.05, 0) is 30.5 Å². The minimum Gasteiger partial charge on any atom is -0.485 e. The highest BCUT2D eigenvalue weighted by atomic mass is 19.1. The molecule has 1 aliphatic carbocycles. The van der Waals surface area contributed by atoms with Gasteiger partial charge in [0.15, 0.2) is 0 Å². The quantitative estimate of drug-likeness (QED) is 0.876. The largest absolute Gasteiger partial charge is 0.485 e. The third-order valence-electron chi connectivity index (χ3n) is 4.54. The van der Waals surface area contributed by atoms with Gasteiger partial charge in [0.1, 0.15) is 18.0 Å². The zero-order valence-corrected chi connectivity index (χ0v) is 13.0. The number of hydrogen-bond acceptors (Lipinski definition) is 4. The van der Waals surface area contributed by atoms with Gasteiger partial charge in [0.05, 0.1) is 11.6 Å². The van der Waals surface area contributed by atoms with Crippen molar-refractivity contribution in [2.45, 2.75) is 31.0 Å². The highest BCUT2D eigenvalue weighted by Gasteiger charge is 2.58. The predicted octanol–water partition coefficient (Wildman–Crippen LogP) is 3.16. The Morgan fingerprint density at radius 2 is 2.08 bits per heavy atom. The molecular weight excluding hydrogens is 311 g/mol. The number of fused-ring (bicyclic) bond motifs is 1. The van der Waals surface area contributed by atoms with Gasteiger partial charge in [-0.2, -0.15) is 4.39 Å². The van der Waals surface area contributed by atoms with Gasteiger partial charge in [0.25, 0.3) is 0 Å². The fourth-order valence-electron chi connectivity index (χ4n) is 3.13. The summed E-state index contributed by atoms with van der Waals surface area (Å²) in [4.78, 5) is 15.9. The fourth-order valence-corrected chi connectivity index (χ4v) is 3.13. The third kappa shape index (κ3) is 2.79. The second-order valence-electron chi connectivity index (χ2n) is 6.18. The number of nitrogens with one attached hydrogen (secondary N) is 1. The van der Waals surface area contributed by atoms with E-state index in [4.69, 9.17) is 9.47 Å².